The molecular weight excluding hydrogens is 406 g/mol. The maximum Gasteiger partial charge on any atom is 0.414 e. The molecule has 2 aliphatic heterocycles. The second-order valence-electron chi connectivity index (χ2n) is 6.75. The SMILES string of the molecule is CC(=O)NC[C@H]1CN(c2cc(F)c(N3CCON(C(C)=S)CC3)c(F)c2)C(=O)O1. The van der Waals surface area contributed by atoms with E-state index in [0.717, 1.165) is 17.0 Å². The Labute approximate surface area is 172 Å². The fourth-order valence-corrected chi connectivity index (χ4v) is 3.37. The number of carbonyl (C=O) groups excluding carboxylic acids is 2. The number of hydrogen-bond acceptors (Lipinski definition) is 6. The van der Waals surface area contributed by atoms with Crippen molar-refractivity contribution in [2.24, 2.45) is 0 Å². The standard InChI is InChI=1S/C18H22F2N4O4S/c1-11(25)21-9-14-10-23(18(26)28-14)13-7-15(19)17(16(20)8-13)22-3-4-24(12(2)29)27-6-5-22/h7-8,14H,3-6,9-10H2,1-2H3,(H,21,25)/t14-/m0/s1. The predicted octanol–water partition coefficient (Wildman–Crippen LogP) is 1.83. The third-order valence-electron chi connectivity index (χ3n) is 4.61. The molecule has 158 valence electrons. The zero-order valence-corrected chi connectivity index (χ0v) is 16.9. The van der Waals surface area contributed by atoms with Gasteiger partial charge in [-0.2, -0.15) is 0 Å². The van der Waals surface area contributed by atoms with Gasteiger partial charge in [0.05, 0.1) is 31.9 Å². The van der Waals surface area contributed by atoms with Crippen molar-refractivity contribution in [1.82, 2.24) is 10.4 Å². The van der Waals surface area contributed by atoms with Gasteiger partial charge in [0.2, 0.25) is 5.91 Å². The van der Waals surface area contributed by atoms with Gasteiger partial charge in [0, 0.05) is 32.1 Å². The Balaban J connectivity index is 1.75. The van der Waals surface area contributed by atoms with Crippen LogP contribution < -0.4 is 15.1 Å². The fourth-order valence-electron chi connectivity index (χ4n) is 3.23. The summed E-state index contributed by atoms with van der Waals surface area (Å²) < 4.78 is 34.8. The Hall–Kier alpha value is -2.53. The van der Waals surface area contributed by atoms with Gasteiger partial charge in [-0.1, -0.05) is 12.2 Å². The number of nitrogens with one attached hydrogen (secondary N) is 1. The van der Waals surface area contributed by atoms with E-state index in [1.54, 1.807) is 11.8 Å². The zero-order chi connectivity index (χ0) is 21.1. The van der Waals surface area contributed by atoms with Crippen LogP contribution in [0.25, 0.3) is 0 Å². The van der Waals surface area contributed by atoms with Crippen LogP contribution in [0.5, 0.6) is 0 Å². The molecule has 0 radical (unpaired) electrons. The summed E-state index contributed by atoms with van der Waals surface area (Å²) in [5.74, 6) is -1.83. The molecule has 0 aromatic heterocycles. The van der Waals surface area contributed by atoms with Gasteiger partial charge in [-0.25, -0.2) is 18.6 Å². The number of ether oxygens (including phenoxy) is 1. The largest absolute Gasteiger partial charge is 0.442 e. The lowest BCUT2D eigenvalue weighted by Crippen LogP contribution is -2.34. The topological polar surface area (TPSA) is 74.4 Å². The van der Waals surface area contributed by atoms with Gasteiger partial charge in [-0.15, -0.1) is 0 Å². The minimum Gasteiger partial charge on any atom is -0.442 e. The lowest BCUT2D eigenvalue weighted by atomic mass is 10.2. The van der Waals surface area contributed by atoms with Crippen LogP contribution in [0, 0.1) is 11.6 Å². The Morgan fingerprint density at radius 3 is 2.55 bits per heavy atom. The van der Waals surface area contributed by atoms with E-state index in [1.165, 1.54) is 12.0 Å². The highest BCUT2D eigenvalue weighted by atomic mass is 32.1. The molecular formula is C18H22F2N4O4S. The minimum absolute atomic E-state index is 0.0570. The Morgan fingerprint density at radius 1 is 1.24 bits per heavy atom. The second-order valence-corrected chi connectivity index (χ2v) is 7.34. The van der Waals surface area contributed by atoms with E-state index in [2.05, 4.69) is 5.32 Å². The zero-order valence-electron chi connectivity index (χ0n) is 16.1. The van der Waals surface area contributed by atoms with Crippen molar-refractivity contribution in [2.45, 2.75) is 20.0 Å². The van der Waals surface area contributed by atoms with Gasteiger partial charge in [0.15, 0.2) is 11.6 Å². The molecule has 1 aromatic rings. The number of benzene rings is 1. The molecule has 2 saturated heterocycles. The van der Waals surface area contributed by atoms with Crippen LogP contribution in [0.1, 0.15) is 13.8 Å². The summed E-state index contributed by atoms with van der Waals surface area (Å²) in [6, 6.07) is 2.21. The Morgan fingerprint density at radius 2 is 1.93 bits per heavy atom. The molecule has 1 N–H and O–H groups in total. The van der Waals surface area contributed by atoms with Crippen molar-refractivity contribution in [3.05, 3.63) is 23.8 Å². The molecule has 3 rings (SSSR count). The van der Waals surface area contributed by atoms with E-state index >= 15 is 0 Å². The number of carbonyl (C=O) groups is 2. The number of amides is 2. The molecule has 0 aliphatic carbocycles. The van der Waals surface area contributed by atoms with E-state index in [0.29, 0.717) is 18.1 Å². The molecule has 1 atom stereocenters. The van der Waals surface area contributed by atoms with Crippen LogP contribution in [0.2, 0.25) is 0 Å². The first kappa shape index (κ1) is 21.2. The second kappa shape index (κ2) is 8.87. The molecule has 1 aromatic carbocycles. The molecule has 0 spiro atoms. The van der Waals surface area contributed by atoms with Crippen molar-refractivity contribution in [1.29, 1.82) is 0 Å². The predicted molar refractivity (Wildman–Crippen MR) is 106 cm³/mol. The van der Waals surface area contributed by atoms with E-state index in [4.69, 9.17) is 21.8 Å². The monoisotopic (exact) mass is 428 g/mol. The van der Waals surface area contributed by atoms with E-state index in [-0.39, 0.29) is 43.5 Å². The van der Waals surface area contributed by atoms with Crippen molar-refractivity contribution in [3.63, 3.8) is 0 Å². The smallest absolute Gasteiger partial charge is 0.414 e. The lowest BCUT2D eigenvalue weighted by molar-refractivity contribution is -0.119. The molecule has 2 aliphatic rings. The molecule has 2 amide bonds. The van der Waals surface area contributed by atoms with Gasteiger partial charge < -0.3 is 15.0 Å². The summed E-state index contributed by atoms with van der Waals surface area (Å²) in [4.78, 5) is 31.8. The summed E-state index contributed by atoms with van der Waals surface area (Å²) in [7, 11) is 0. The molecule has 11 heteroatoms. The van der Waals surface area contributed by atoms with Crippen LogP contribution in [0.15, 0.2) is 12.1 Å². The first-order chi connectivity index (χ1) is 13.8. The van der Waals surface area contributed by atoms with Crippen LogP contribution in [0.3, 0.4) is 0 Å². The van der Waals surface area contributed by atoms with Gasteiger partial charge in [0.1, 0.15) is 16.8 Å². The van der Waals surface area contributed by atoms with Crippen molar-refractivity contribution >= 4 is 40.6 Å². The van der Waals surface area contributed by atoms with Crippen molar-refractivity contribution in [2.75, 3.05) is 49.1 Å². The average molecular weight is 428 g/mol. The third kappa shape index (κ3) is 4.91. The molecule has 2 fully saturated rings. The highest BCUT2D eigenvalue weighted by Crippen LogP contribution is 2.31. The fraction of sp³-hybridized carbons (Fsp3) is 0.500. The molecule has 0 unspecified atom stereocenters. The van der Waals surface area contributed by atoms with Crippen LogP contribution in [-0.4, -0.2) is 67.5 Å². The lowest BCUT2D eigenvalue weighted by Gasteiger charge is -2.24. The van der Waals surface area contributed by atoms with Gasteiger partial charge >= 0.3 is 6.09 Å². The molecule has 2 heterocycles. The third-order valence-corrected chi connectivity index (χ3v) is 4.82. The number of halogens is 2. The van der Waals surface area contributed by atoms with Crippen LogP contribution >= 0.6 is 12.2 Å². The Bertz CT molecular complexity index is 802. The maximum absolute atomic E-state index is 14.8. The average Bonchev–Trinajstić information content (AvgIpc) is 2.85. The first-order valence-corrected chi connectivity index (χ1v) is 9.54. The number of nitrogens with zero attached hydrogens (tertiary/aromatic N) is 3. The summed E-state index contributed by atoms with van der Waals surface area (Å²) in [6.07, 6.45) is -1.31. The molecule has 0 saturated carbocycles. The van der Waals surface area contributed by atoms with Crippen molar-refractivity contribution in [3.8, 4) is 0 Å². The summed E-state index contributed by atoms with van der Waals surface area (Å²) in [5.41, 5.74) is -0.120. The van der Waals surface area contributed by atoms with Gasteiger partial charge in [-0.3, -0.25) is 14.5 Å². The summed E-state index contributed by atoms with van der Waals surface area (Å²) in [6.45, 7) is 4.50. The van der Waals surface area contributed by atoms with Crippen LogP contribution in [0.4, 0.5) is 25.0 Å². The molecule has 29 heavy (non-hydrogen) atoms. The first-order valence-electron chi connectivity index (χ1n) is 9.14. The van der Waals surface area contributed by atoms with E-state index < -0.39 is 23.8 Å². The number of cyclic esters (lactones) is 1. The van der Waals surface area contributed by atoms with Crippen LogP contribution in [-0.2, 0) is 14.4 Å². The maximum atomic E-state index is 14.8. The number of thiocarbonyl (C=S) groups is 1. The normalized spacial score (nSPS) is 19.8. The summed E-state index contributed by atoms with van der Waals surface area (Å²) >= 11 is 5.08. The summed E-state index contributed by atoms with van der Waals surface area (Å²) in [5, 5.41) is 4.07. The quantitative estimate of drug-likeness (QED) is 0.734. The number of anilines is 2. The van der Waals surface area contributed by atoms with Gasteiger partial charge in [0.25, 0.3) is 0 Å². The van der Waals surface area contributed by atoms with Crippen molar-refractivity contribution < 1.29 is 27.9 Å². The highest BCUT2D eigenvalue weighted by molar-refractivity contribution is 7.80. The van der Waals surface area contributed by atoms with E-state index in [1.807, 2.05) is 0 Å². The minimum atomic E-state index is -0.786. The number of hydrogen-bond donors (Lipinski definition) is 1. The van der Waals surface area contributed by atoms with E-state index in [9.17, 15) is 18.4 Å². The number of rotatable bonds is 4. The molecule has 8 nitrogen and oxygen atoms in total. The highest BCUT2D eigenvalue weighted by Gasteiger charge is 2.34. The van der Waals surface area contributed by atoms with Gasteiger partial charge in [-0.05, 0) is 6.92 Å². The Kier molecular flexibility index (Phi) is 6.48. The molecule has 0 bridgehead atoms. The number of hydroxylamine groups is 2.